The molecule has 1 rings (SSSR count). The molecule has 0 N–H and O–H groups in total. The summed E-state index contributed by atoms with van der Waals surface area (Å²) in [5, 5.41) is 18.2. The van der Waals surface area contributed by atoms with Gasteiger partial charge in [-0.3, -0.25) is 0 Å². The molecular formula is C16H12N2O8. The van der Waals surface area contributed by atoms with E-state index in [0.29, 0.717) is 0 Å². The molecule has 10 heteroatoms. The zero-order chi connectivity index (χ0) is 20.0. The fourth-order valence-electron chi connectivity index (χ4n) is 2.06. The predicted molar refractivity (Wildman–Crippen MR) is 80.4 cm³/mol. The zero-order valence-electron chi connectivity index (χ0n) is 14.2. The fourth-order valence-corrected chi connectivity index (χ4v) is 2.06. The van der Waals surface area contributed by atoms with Gasteiger partial charge in [-0.2, -0.15) is 10.5 Å². The highest BCUT2D eigenvalue weighted by Gasteiger charge is 2.48. The summed E-state index contributed by atoms with van der Waals surface area (Å²) in [6, 6.07) is 3.11. The average molecular weight is 360 g/mol. The minimum Gasteiger partial charge on any atom is -0.465 e. The Hall–Kier alpha value is -3.92. The van der Waals surface area contributed by atoms with Gasteiger partial charge in [-0.15, -0.1) is 0 Å². The number of methoxy groups -OCH3 is 4. The highest BCUT2D eigenvalue weighted by molar-refractivity contribution is 6.23. The van der Waals surface area contributed by atoms with Gasteiger partial charge in [0.2, 0.25) is 0 Å². The molecule has 0 aromatic carbocycles. The molecule has 0 heterocycles. The molecule has 0 radical (unpaired) electrons. The van der Waals surface area contributed by atoms with E-state index in [4.69, 9.17) is 10.5 Å². The van der Waals surface area contributed by atoms with Gasteiger partial charge in [0.25, 0.3) is 0 Å². The molecule has 0 aromatic rings. The van der Waals surface area contributed by atoms with Gasteiger partial charge in [-0.05, 0) is 0 Å². The number of nitrogens with zero attached hydrogens (tertiary/aromatic N) is 2. The number of rotatable bonds is 4. The summed E-state index contributed by atoms with van der Waals surface area (Å²) in [5.41, 5.74) is -2.75. The van der Waals surface area contributed by atoms with Crippen LogP contribution in [0.4, 0.5) is 0 Å². The van der Waals surface area contributed by atoms with Crippen molar-refractivity contribution < 1.29 is 38.1 Å². The Bertz CT molecular complexity index is 771. The van der Waals surface area contributed by atoms with Gasteiger partial charge in [0, 0.05) is 16.7 Å². The van der Waals surface area contributed by atoms with Crippen LogP contribution in [0.3, 0.4) is 0 Å². The van der Waals surface area contributed by atoms with Crippen LogP contribution in [0, 0.1) is 22.7 Å². The highest BCUT2D eigenvalue weighted by Crippen LogP contribution is 2.51. The summed E-state index contributed by atoms with van der Waals surface area (Å²) in [6.45, 7) is 0. The molecule has 26 heavy (non-hydrogen) atoms. The minimum atomic E-state index is -1.15. The molecule has 0 bridgehead atoms. The molecule has 10 nitrogen and oxygen atoms in total. The molecule has 0 amide bonds. The Labute approximate surface area is 147 Å². The third-order valence-electron chi connectivity index (χ3n) is 3.22. The van der Waals surface area contributed by atoms with Crippen LogP contribution in [0.15, 0.2) is 33.4 Å². The maximum Gasteiger partial charge on any atom is 0.345 e. The molecule has 0 aliphatic heterocycles. The maximum absolute atomic E-state index is 12.0. The molecule has 0 unspecified atom stereocenters. The second kappa shape index (κ2) is 8.26. The van der Waals surface area contributed by atoms with E-state index in [2.05, 4.69) is 18.9 Å². The second-order valence-electron chi connectivity index (χ2n) is 4.44. The lowest BCUT2D eigenvalue weighted by Gasteiger charge is -2.03. The van der Waals surface area contributed by atoms with Crippen LogP contribution >= 0.6 is 0 Å². The number of hydrogen-bond acceptors (Lipinski definition) is 10. The molecule has 1 fully saturated rings. The number of carbonyl (C=O) groups excluding carboxylic acids is 4. The molecule has 1 aliphatic carbocycles. The lowest BCUT2D eigenvalue weighted by molar-refractivity contribution is -0.146. The van der Waals surface area contributed by atoms with Crippen LogP contribution in [0.5, 0.6) is 0 Å². The van der Waals surface area contributed by atoms with Crippen LogP contribution < -0.4 is 0 Å². The van der Waals surface area contributed by atoms with Crippen molar-refractivity contribution in [2.75, 3.05) is 28.4 Å². The van der Waals surface area contributed by atoms with Crippen LogP contribution in [0.2, 0.25) is 0 Å². The van der Waals surface area contributed by atoms with E-state index in [-0.39, 0.29) is 16.7 Å². The van der Waals surface area contributed by atoms with E-state index in [9.17, 15) is 19.2 Å². The van der Waals surface area contributed by atoms with Crippen molar-refractivity contribution in [3.63, 3.8) is 0 Å². The SMILES string of the molecule is COC(=O)C(C(=O)OC)=C1C(=C(C#N)C#N)C1=C(C(=O)OC)C(=O)OC. The summed E-state index contributed by atoms with van der Waals surface area (Å²) in [4.78, 5) is 47.8. The Morgan fingerprint density at radius 2 is 0.885 bits per heavy atom. The molecule has 0 aromatic heterocycles. The molecule has 1 saturated carbocycles. The van der Waals surface area contributed by atoms with E-state index < -0.39 is 40.6 Å². The Kier molecular flexibility index (Phi) is 6.39. The smallest absolute Gasteiger partial charge is 0.345 e. The number of esters is 4. The number of nitriles is 2. The molecular weight excluding hydrogens is 348 g/mol. The Morgan fingerprint density at radius 3 is 1.08 bits per heavy atom. The van der Waals surface area contributed by atoms with Crippen molar-refractivity contribution in [2.24, 2.45) is 0 Å². The predicted octanol–water partition coefficient (Wildman–Crippen LogP) is -0.371. The van der Waals surface area contributed by atoms with Gasteiger partial charge in [0.15, 0.2) is 11.1 Å². The topological polar surface area (TPSA) is 153 Å². The number of carbonyl (C=O) groups is 4. The summed E-state index contributed by atoms with van der Waals surface area (Å²) < 4.78 is 18.0. The summed E-state index contributed by atoms with van der Waals surface area (Å²) in [5.74, 6) is -4.60. The summed E-state index contributed by atoms with van der Waals surface area (Å²) >= 11 is 0. The van der Waals surface area contributed by atoms with E-state index in [1.54, 1.807) is 12.1 Å². The Balaban J connectivity index is 4.04. The van der Waals surface area contributed by atoms with Gasteiger partial charge in [0.05, 0.1) is 28.4 Å². The van der Waals surface area contributed by atoms with Crippen molar-refractivity contribution in [3.05, 3.63) is 33.4 Å². The van der Waals surface area contributed by atoms with Crippen molar-refractivity contribution in [1.29, 1.82) is 10.5 Å². The minimum absolute atomic E-state index is 0.244. The first kappa shape index (κ1) is 20.1. The number of ether oxygens (including phenoxy) is 4. The van der Waals surface area contributed by atoms with Crippen LogP contribution in [-0.4, -0.2) is 52.3 Å². The molecule has 0 saturated heterocycles. The highest BCUT2D eigenvalue weighted by atomic mass is 16.5. The quantitative estimate of drug-likeness (QED) is 0.162. The van der Waals surface area contributed by atoms with Crippen molar-refractivity contribution >= 4 is 23.9 Å². The fraction of sp³-hybridized carbons (Fsp3) is 0.250. The zero-order valence-corrected chi connectivity index (χ0v) is 14.2. The lowest BCUT2D eigenvalue weighted by atomic mass is 10.2. The van der Waals surface area contributed by atoms with Crippen LogP contribution in [0.25, 0.3) is 0 Å². The second-order valence-corrected chi connectivity index (χ2v) is 4.44. The molecule has 134 valence electrons. The average Bonchev–Trinajstić information content (AvgIpc) is 3.35. The number of allylic oxidation sites excluding steroid dienone is 4. The monoisotopic (exact) mass is 360 g/mol. The first-order valence-corrected chi connectivity index (χ1v) is 6.71. The first-order chi connectivity index (χ1) is 12.3. The third-order valence-corrected chi connectivity index (χ3v) is 3.22. The molecule has 0 spiro atoms. The lowest BCUT2D eigenvalue weighted by Crippen LogP contribution is -2.17. The Morgan fingerprint density at radius 1 is 0.615 bits per heavy atom. The van der Waals surface area contributed by atoms with Crippen LogP contribution in [-0.2, 0) is 38.1 Å². The van der Waals surface area contributed by atoms with Gasteiger partial charge in [-0.1, -0.05) is 0 Å². The molecule has 0 atom stereocenters. The van der Waals surface area contributed by atoms with Gasteiger partial charge >= 0.3 is 23.9 Å². The van der Waals surface area contributed by atoms with Gasteiger partial charge in [0.1, 0.15) is 17.7 Å². The van der Waals surface area contributed by atoms with E-state index in [1.807, 2.05) is 0 Å². The van der Waals surface area contributed by atoms with Crippen LogP contribution in [0.1, 0.15) is 0 Å². The number of hydrogen-bond donors (Lipinski definition) is 0. The summed E-state index contributed by atoms with van der Waals surface area (Å²) in [6.07, 6.45) is 0. The largest absolute Gasteiger partial charge is 0.465 e. The maximum atomic E-state index is 12.0. The van der Waals surface area contributed by atoms with E-state index in [0.717, 1.165) is 28.4 Å². The van der Waals surface area contributed by atoms with E-state index >= 15 is 0 Å². The standard InChI is InChI=1S/C16H12N2O8/c1-23-13(19)11(14(20)24-2)9-8(7(5-17)6-18)10(9)12(15(21)25-3)16(22)26-4/h1-4H3. The van der Waals surface area contributed by atoms with Crippen molar-refractivity contribution in [3.8, 4) is 12.1 Å². The first-order valence-electron chi connectivity index (χ1n) is 6.71. The van der Waals surface area contributed by atoms with E-state index in [1.165, 1.54) is 0 Å². The third kappa shape index (κ3) is 3.44. The van der Waals surface area contributed by atoms with Gasteiger partial charge in [-0.25, -0.2) is 19.2 Å². The van der Waals surface area contributed by atoms with Crippen molar-refractivity contribution in [1.82, 2.24) is 0 Å². The normalized spacial score (nSPS) is 11.4. The van der Waals surface area contributed by atoms with Gasteiger partial charge < -0.3 is 18.9 Å². The summed E-state index contributed by atoms with van der Waals surface area (Å²) in [7, 11) is 3.94. The molecule has 1 aliphatic rings. The van der Waals surface area contributed by atoms with Crippen molar-refractivity contribution in [2.45, 2.75) is 0 Å².